The number of pyridine rings is 1. The summed E-state index contributed by atoms with van der Waals surface area (Å²) in [5.41, 5.74) is 3.16. The number of ketones is 1. The van der Waals surface area contributed by atoms with Crippen molar-refractivity contribution in [1.82, 2.24) is 4.98 Å². The predicted molar refractivity (Wildman–Crippen MR) is 75.5 cm³/mol. The van der Waals surface area contributed by atoms with Crippen LogP contribution in [0.15, 0.2) is 42.6 Å². The highest BCUT2D eigenvalue weighted by Gasteiger charge is 2.29. The third-order valence-corrected chi connectivity index (χ3v) is 3.85. The van der Waals surface area contributed by atoms with E-state index in [1.807, 2.05) is 30.3 Å². The smallest absolute Gasteiger partial charge is 0.146 e. The standard InChI is InChI=1S/C16H14ClNO/c17-13-5-1-3-11(9-13)10-15(19)14-7-6-12-4-2-8-18-16(12)14/h1-5,8-9,14H,6-7,10H2. The van der Waals surface area contributed by atoms with Crippen LogP contribution in [0.1, 0.15) is 29.2 Å². The van der Waals surface area contributed by atoms with Crippen molar-refractivity contribution >= 4 is 17.4 Å². The number of halogens is 1. The van der Waals surface area contributed by atoms with Crippen LogP contribution in [0.5, 0.6) is 0 Å². The lowest BCUT2D eigenvalue weighted by molar-refractivity contribution is -0.119. The first-order chi connectivity index (χ1) is 9.24. The van der Waals surface area contributed by atoms with E-state index in [0.717, 1.165) is 24.1 Å². The average Bonchev–Trinajstić information content (AvgIpc) is 2.82. The summed E-state index contributed by atoms with van der Waals surface area (Å²) in [5.74, 6) is 0.190. The molecule has 2 aromatic rings. The Kier molecular flexibility index (Phi) is 3.34. The van der Waals surface area contributed by atoms with Gasteiger partial charge in [0.15, 0.2) is 0 Å². The maximum atomic E-state index is 12.4. The van der Waals surface area contributed by atoms with Gasteiger partial charge in [0.05, 0.1) is 11.6 Å². The molecule has 1 heterocycles. The number of carbonyl (C=O) groups excluding carboxylic acids is 1. The largest absolute Gasteiger partial charge is 0.299 e. The van der Waals surface area contributed by atoms with Gasteiger partial charge in [-0.25, -0.2) is 0 Å². The molecule has 0 fully saturated rings. The van der Waals surface area contributed by atoms with Gasteiger partial charge in [0, 0.05) is 17.6 Å². The predicted octanol–water partition coefficient (Wildman–Crippen LogP) is 3.58. The highest BCUT2D eigenvalue weighted by Crippen LogP contribution is 2.32. The number of hydrogen-bond donors (Lipinski definition) is 0. The molecular weight excluding hydrogens is 258 g/mol. The molecule has 0 spiro atoms. The zero-order valence-electron chi connectivity index (χ0n) is 10.5. The van der Waals surface area contributed by atoms with E-state index in [1.54, 1.807) is 6.20 Å². The van der Waals surface area contributed by atoms with Crippen LogP contribution in [0.3, 0.4) is 0 Å². The maximum Gasteiger partial charge on any atom is 0.146 e. The second kappa shape index (κ2) is 5.14. The number of aryl methyl sites for hydroxylation is 1. The van der Waals surface area contributed by atoms with Crippen molar-refractivity contribution in [3.05, 3.63) is 64.4 Å². The third-order valence-electron chi connectivity index (χ3n) is 3.61. The Morgan fingerprint density at radius 3 is 3.05 bits per heavy atom. The van der Waals surface area contributed by atoms with E-state index in [-0.39, 0.29) is 11.7 Å². The fourth-order valence-electron chi connectivity index (χ4n) is 2.70. The molecule has 1 unspecified atom stereocenters. The van der Waals surface area contributed by atoms with Crippen LogP contribution in [0.4, 0.5) is 0 Å². The number of carbonyl (C=O) groups is 1. The van der Waals surface area contributed by atoms with Gasteiger partial charge >= 0.3 is 0 Å². The molecule has 0 bridgehead atoms. The van der Waals surface area contributed by atoms with Crippen LogP contribution in [0.25, 0.3) is 0 Å². The van der Waals surface area contributed by atoms with Crippen molar-refractivity contribution in [3.8, 4) is 0 Å². The lowest BCUT2D eigenvalue weighted by atomic mass is 9.95. The molecule has 1 aromatic carbocycles. The summed E-state index contributed by atoms with van der Waals surface area (Å²) in [6.45, 7) is 0. The number of nitrogens with zero attached hydrogens (tertiary/aromatic N) is 1. The van der Waals surface area contributed by atoms with Crippen LogP contribution in [0.2, 0.25) is 5.02 Å². The molecule has 0 N–H and O–H groups in total. The minimum Gasteiger partial charge on any atom is -0.299 e. The van der Waals surface area contributed by atoms with Gasteiger partial charge in [-0.1, -0.05) is 29.8 Å². The van der Waals surface area contributed by atoms with Gasteiger partial charge in [-0.15, -0.1) is 0 Å². The van der Waals surface area contributed by atoms with Gasteiger partial charge in [0.25, 0.3) is 0 Å². The average molecular weight is 272 g/mol. The summed E-state index contributed by atoms with van der Waals surface area (Å²) in [4.78, 5) is 16.8. The highest BCUT2D eigenvalue weighted by atomic mass is 35.5. The number of Topliss-reactive ketones (excluding diaryl/α,β-unsaturated/α-hetero) is 1. The lowest BCUT2D eigenvalue weighted by Crippen LogP contribution is -2.13. The van der Waals surface area contributed by atoms with Crippen molar-refractivity contribution in [2.75, 3.05) is 0 Å². The third kappa shape index (κ3) is 2.54. The van der Waals surface area contributed by atoms with Crippen LogP contribution < -0.4 is 0 Å². The zero-order valence-corrected chi connectivity index (χ0v) is 11.2. The molecule has 1 aliphatic carbocycles. The number of aromatic nitrogens is 1. The summed E-state index contributed by atoms with van der Waals surface area (Å²) >= 11 is 5.95. The second-order valence-electron chi connectivity index (χ2n) is 4.91. The Bertz CT molecular complexity index is 624. The molecule has 0 amide bonds. The van der Waals surface area contributed by atoms with E-state index in [0.29, 0.717) is 11.4 Å². The molecule has 0 aliphatic heterocycles. The molecule has 1 aliphatic rings. The lowest BCUT2D eigenvalue weighted by Gasteiger charge is -2.09. The van der Waals surface area contributed by atoms with Gasteiger partial charge in [-0.3, -0.25) is 9.78 Å². The van der Waals surface area contributed by atoms with E-state index in [9.17, 15) is 4.79 Å². The summed E-state index contributed by atoms with van der Waals surface area (Å²) in [6, 6.07) is 11.5. The van der Waals surface area contributed by atoms with Crippen LogP contribution >= 0.6 is 11.6 Å². The molecule has 3 rings (SSSR count). The van der Waals surface area contributed by atoms with E-state index in [1.165, 1.54) is 5.56 Å². The normalized spacial score (nSPS) is 17.2. The Hall–Kier alpha value is -1.67. The maximum absolute atomic E-state index is 12.4. The van der Waals surface area contributed by atoms with Gasteiger partial charge in [0.2, 0.25) is 0 Å². The number of rotatable bonds is 3. The van der Waals surface area contributed by atoms with Gasteiger partial charge in [-0.2, -0.15) is 0 Å². The highest BCUT2D eigenvalue weighted by molar-refractivity contribution is 6.30. The topological polar surface area (TPSA) is 30.0 Å². The Labute approximate surface area is 117 Å². The Balaban J connectivity index is 1.79. The molecule has 96 valence electrons. The first-order valence-corrected chi connectivity index (χ1v) is 6.83. The SMILES string of the molecule is O=C(Cc1cccc(Cl)c1)C1CCc2cccnc21. The van der Waals surface area contributed by atoms with E-state index in [2.05, 4.69) is 11.1 Å². The van der Waals surface area contributed by atoms with E-state index in [4.69, 9.17) is 11.6 Å². The Morgan fingerprint density at radius 2 is 2.21 bits per heavy atom. The molecule has 1 atom stereocenters. The van der Waals surface area contributed by atoms with Gasteiger partial charge in [-0.05, 0) is 42.2 Å². The molecule has 3 heteroatoms. The molecule has 19 heavy (non-hydrogen) atoms. The summed E-state index contributed by atoms with van der Waals surface area (Å²) < 4.78 is 0. The van der Waals surface area contributed by atoms with Crippen molar-refractivity contribution < 1.29 is 4.79 Å². The van der Waals surface area contributed by atoms with Crippen LogP contribution in [-0.2, 0) is 17.6 Å². The van der Waals surface area contributed by atoms with Crippen molar-refractivity contribution in [3.63, 3.8) is 0 Å². The fourth-order valence-corrected chi connectivity index (χ4v) is 2.91. The fraction of sp³-hybridized carbons (Fsp3) is 0.250. The molecule has 0 saturated heterocycles. The van der Waals surface area contributed by atoms with Crippen molar-refractivity contribution in [2.24, 2.45) is 0 Å². The van der Waals surface area contributed by atoms with Crippen LogP contribution in [0, 0.1) is 0 Å². The molecule has 2 nitrogen and oxygen atoms in total. The summed E-state index contributed by atoms with van der Waals surface area (Å²) in [5, 5.41) is 0.676. The first kappa shape index (κ1) is 12.4. The zero-order chi connectivity index (χ0) is 13.2. The first-order valence-electron chi connectivity index (χ1n) is 6.45. The number of fused-ring (bicyclic) bond motifs is 1. The van der Waals surface area contributed by atoms with Gasteiger partial charge < -0.3 is 0 Å². The molecule has 1 aromatic heterocycles. The number of hydrogen-bond acceptors (Lipinski definition) is 2. The summed E-state index contributed by atoms with van der Waals surface area (Å²) in [7, 11) is 0. The van der Waals surface area contributed by atoms with Crippen molar-refractivity contribution in [1.29, 1.82) is 0 Å². The number of benzene rings is 1. The minimum absolute atomic E-state index is 0.0461. The van der Waals surface area contributed by atoms with E-state index >= 15 is 0 Å². The van der Waals surface area contributed by atoms with Crippen molar-refractivity contribution in [2.45, 2.75) is 25.2 Å². The quantitative estimate of drug-likeness (QED) is 0.854. The second-order valence-corrected chi connectivity index (χ2v) is 5.35. The van der Waals surface area contributed by atoms with Crippen LogP contribution in [-0.4, -0.2) is 10.8 Å². The summed E-state index contributed by atoms with van der Waals surface area (Å²) in [6.07, 6.45) is 4.03. The Morgan fingerprint density at radius 1 is 1.32 bits per heavy atom. The molecule has 0 radical (unpaired) electrons. The molecule has 0 saturated carbocycles. The monoisotopic (exact) mass is 271 g/mol. The molecular formula is C16H14ClNO. The van der Waals surface area contributed by atoms with Gasteiger partial charge in [0.1, 0.15) is 5.78 Å². The van der Waals surface area contributed by atoms with E-state index < -0.39 is 0 Å². The minimum atomic E-state index is -0.0461.